The second-order valence-electron chi connectivity index (χ2n) is 7.16. The predicted molar refractivity (Wildman–Crippen MR) is 133 cm³/mol. The van der Waals surface area contributed by atoms with Gasteiger partial charge in [0.1, 0.15) is 23.2 Å². The van der Waals surface area contributed by atoms with Gasteiger partial charge in [0.25, 0.3) is 5.91 Å². The average molecular weight is 540 g/mol. The van der Waals surface area contributed by atoms with Crippen molar-refractivity contribution in [1.82, 2.24) is 0 Å². The van der Waals surface area contributed by atoms with Gasteiger partial charge in [-0.05, 0) is 89.5 Å². The smallest absolute Gasteiger partial charge is 0.266 e. The average Bonchev–Trinajstić information content (AvgIpc) is 2.76. The van der Waals surface area contributed by atoms with Gasteiger partial charge in [-0.1, -0.05) is 30.3 Å². The quantitative estimate of drug-likeness (QED) is 0.218. The molecule has 3 rings (SSSR count). The molecule has 0 aliphatic rings. The SMILES string of the molecule is CCOc1cc(/C=C(\C#N)C(=O)Nc2ccccc2C)cc(I)c1Cc1cccc(F)c1. The van der Waals surface area contributed by atoms with Gasteiger partial charge in [0, 0.05) is 21.2 Å². The first-order valence-electron chi connectivity index (χ1n) is 10.1. The number of amides is 1. The molecule has 162 valence electrons. The molecule has 1 amide bonds. The lowest BCUT2D eigenvalue weighted by molar-refractivity contribution is -0.112. The third-order valence-electron chi connectivity index (χ3n) is 4.82. The van der Waals surface area contributed by atoms with Crippen molar-refractivity contribution in [2.45, 2.75) is 20.3 Å². The fraction of sp³-hybridized carbons (Fsp3) is 0.154. The van der Waals surface area contributed by atoms with Gasteiger partial charge in [-0.15, -0.1) is 0 Å². The number of aryl methyl sites for hydroxylation is 1. The standard InChI is InChI=1S/C26H22FIN2O2/c1-3-32-25-15-19(14-23(28)22(25)13-18-8-6-9-21(27)12-18)11-20(16-29)26(31)30-24-10-5-4-7-17(24)2/h4-12,14-15H,3,13H2,1-2H3,(H,30,31)/b20-11+. The Morgan fingerprint density at radius 3 is 2.66 bits per heavy atom. The summed E-state index contributed by atoms with van der Waals surface area (Å²) >= 11 is 2.20. The Hall–Kier alpha value is -3.18. The first-order chi connectivity index (χ1) is 15.4. The number of carbonyl (C=O) groups excluding carboxylic acids is 1. The van der Waals surface area contributed by atoms with Gasteiger partial charge < -0.3 is 10.1 Å². The van der Waals surface area contributed by atoms with Gasteiger partial charge in [0.2, 0.25) is 0 Å². The van der Waals surface area contributed by atoms with E-state index in [1.165, 1.54) is 12.1 Å². The minimum Gasteiger partial charge on any atom is -0.494 e. The maximum atomic E-state index is 13.6. The van der Waals surface area contributed by atoms with E-state index < -0.39 is 5.91 Å². The lowest BCUT2D eigenvalue weighted by atomic mass is 10.0. The summed E-state index contributed by atoms with van der Waals surface area (Å²) in [6.45, 7) is 4.23. The van der Waals surface area contributed by atoms with Crippen molar-refractivity contribution >= 4 is 40.3 Å². The van der Waals surface area contributed by atoms with E-state index in [0.717, 1.165) is 20.3 Å². The molecule has 3 aromatic carbocycles. The maximum absolute atomic E-state index is 13.6. The molecule has 0 saturated carbocycles. The van der Waals surface area contributed by atoms with E-state index in [1.807, 2.05) is 50.2 Å². The Morgan fingerprint density at radius 2 is 1.97 bits per heavy atom. The number of anilines is 1. The van der Waals surface area contributed by atoms with Crippen molar-refractivity contribution in [2.24, 2.45) is 0 Å². The molecule has 6 heteroatoms. The minimum atomic E-state index is -0.474. The van der Waals surface area contributed by atoms with E-state index in [2.05, 4.69) is 27.9 Å². The van der Waals surface area contributed by atoms with Gasteiger partial charge in [-0.3, -0.25) is 4.79 Å². The summed E-state index contributed by atoms with van der Waals surface area (Å²) in [7, 11) is 0. The summed E-state index contributed by atoms with van der Waals surface area (Å²) in [5.41, 5.74) is 4.00. The van der Waals surface area contributed by atoms with Gasteiger partial charge in [0.15, 0.2) is 0 Å². The molecule has 32 heavy (non-hydrogen) atoms. The molecule has 0 saturated heterocycles. The van der Waals surface area contributed by atoms with Gasteiger partial charge in [-0.25, -0.2) is 4.39 Å². The Kier molecular flexibility index (Phi) is 8.01. The summed E-state index contributed by atoms with van der Waals surface area (Å²) in [4.78, 5) is 12.7. The summed E-state index contributed by atoms with van der Waals surface area (Å²) in [6.07, 6.45) is 2.05. The maximum Gasteiger partial charge on any atom is 0.266 e. The fourth-order valence-corrected chi connectivity index (χ4v) is 4.06. The Labute approximate surface area is 200 Å². The normalized spacial score (nSPS) is 11.0. The number of hydrogen-bond acceptors (Lipinski definition) is 3. The zero-order valence-corrected chi connectivity index (χ0v) is 19.9. The third-order valence-corrected chi connectivity index (χ3v) is 5.78. The molecule has 1 N–H and O–H groups in total. The predicted octanol–water partition coefficient (Wildman–Crippen LogP) is 6.27. The van der Waals surface area contributed by atoms with Gasteiger partial charge in [-0.2, -0.15) is 5.26 Å². The Bertz CT molecular complexity index is 1210. The highest BCUT2D eigenvalue weighted by molar-refractivity contribution is 14.1. The highest BCUT2D eigenvalue weighted by Gasteiger charge is 2.14. The largest absolute Gasteiger partial charge is 0.494 e. The van der Waals surface area contributed by atoms with E-state index in [4.69, 9.17) is 4.74 Å². The van der Waals surface area contributed by atoms with Crippen LogP contribution in [0, 0.1) is 27.6 Å². The lowest BCUT2D eigenvalue weighted by Gasteiger charge is -2.14. The summed E-state index contributed by atoms with van der Waals surface area (Å²) in [5, 5.41) is 12.4. The highest BCUT2D eigenvalue weighted by atomic mass is 127. The summed E-state index contributed by atoms with van der Waals surface area (Å²) in [6, 6.07) is 19.5. The number of halogens is 2. The molecule has 0 fully saturated rings. The van der Waals surface area contributed by atoms with Crippen LogP contribution in [0.15, 0.2) is 66.2 Å². The molecule has 0 atom stereocenters. The molecular weight excluding hydrogens is 518 g/mol. The molecule has 0 unspecified atom stereocenters. The first kappa shape index (κ1) is 23.5. The zero-order valence-electron chi connectivity index (χ0n) is 17.8. The molecule has 0 heterocycles. The number of benzene rings is 3. The molecule has 0 aromatic heterocycles. The lowest BCUT2D eigenvalue weighted by Crippen LogP contribution is -2.14. The van der Waals surface area contributed by atoms with E-state index in [9.17, 15) is 14.4 Å². The van der Waals surface area contributed by atoms with E-state index in [0.29, 0.717) is 30.0 Å². The second-order valence-corrected chi connectivity index (χ2v) is 8.32. The molecule has 0 bridgehead atoms. The molecule has 0 aliphatic heterocycles. The number of nitrogens with one attached hydrogen (secondary N) is 1. The van der Waals surface area contributed by atoms with Crippen molar-refractivity contribution in [3.8, 4) is 11.8 Å². The number of nitrogens with zero attached hydrogens (tertiary/aromatic N) is 1. The molecule has 0 radical (unpaired) electrons. The molecule has 0 aliphatic carbocycles. The molecule has 3 aromatic rings. The van der Waals surface area contributed by atoms with Crippen LogP contribution in [0.5, 0.6) is 5.75 Å². The van der Waals surface area contributed by atoms with Crippen LogP contribution in [-0.2, 0) is 11.2 Å². The van der Waals surface area contributed by atoms with E-state index >= 15 is 0 Å². The van der Waals surface area contributed by atoms with Crippen LogP contribution in [0.1, 0.15) is 29.2 Å². The number of ether oxygens (including phenoxy) is 1. The van der Waals surface area contributed by atoms with Crippen LogP contribution in [0.25, 0.3) is 6.08 Å². The first-order valence-corrected chi connectivity index (χ1v) is 11.2. The minimum absolute atomic E-state index is 0.00983. The second kappa shape index (κ2) is 10.9. The summed E-state index contributed by atoms with van der Waals surface area (Å²) in [5.74, 6) is -0.113. The number of nitriles is 1. The van der Waals surface area contributed by atoms with Gasteiger partial charge in [0.05, 0.1) is 6.61 Å². The molecule has 0 spiro atoms. The monoisotopic (exact) mass is 540 g/mol. The van der Waals surface area contributed by atoms with Crippen molar-refractivity contribution < 1.29 is 13.9 Å². The molecule has 4 nitrogen and oxygen atoms in total. The van der Waals surface area contributed by atoms with Crippen molar-refractivity contribution in [3.05, 3.63) is 97.9 Å². The van der Waals surface area contributed by atoms with Crippen LogP contribution < -0.4 is 10.1 Å². The number of para-hydroxylation sites is 1. The van der Waals surface area contributed by atoms with Gasteiger partial charge >= 0.3 is 0 Å². The fourth-order valence-electron chi connectivity index (χ4n) is 3.24. The zero-order chi connectivity index (χ0) is 23.1. The van der Waals surface area contributed by atoms with E-state index in [-0.39, 0.29) is 11.4 Å². The summed E-state index contributed by atoms with van der Waals surface area (Å²) < 4.78 is 20.4. The Balaban J connectivity index is 1.92. The van der Waals surface area contributed by atoms with Crippen LogP contribution in [-0.4, -0.2) is 12.5 Å². The van der Waals surface area contributed by atoms with Crippen LogP contribution in [0.4, 0.5) is 10.1 Å². The van der Waals surface area contributed by atoms with E-state index in [1.54, 1.807) is 24.3 Å². The highest BCUT2D eigenvalue weighted by Crippen LogP contribution is 2.30. The number of carbonyl (C=O) groups is 1. The van der Waals surface area contributed by atoms with Crippen LogP contribution >= 0.6 is 22.6 Å². The van der Waals surface area contributed by atoms with Crippen LogP contribution in [0.3, 0.4) is 0 Å². The molecular formula is C26H22FIN2O2. The van der Waals surface area contributed by atoms with Crippen molar-refractivity contribution in [3.63, 3.8) is 0 Å². The number of rotatable bonds is 7. The van der Waals surface area contributed by atoms with Crippen molar-refractivity contribution in [1.29, 1.82) is 5.26 Å². The number of hydrogen-bond donors (Lipinski definition) is 1. The third kappa shape index (κ3) is 5.95. The van der Waals surface area contributed by atoms with Crippen molar-refractivity contribution in [2.75, 3.05) is 11.9 Å². The Morgan fingerprint density at radius 1 is 1.19 bits per heavy atom. The van der Waals surface area contributed by atoms with Crippen LogP contribution in [0.2, 0.25) is 0 Å². The topological polar surface area (TPSA) is 62.1 Å².